The zero-order chi connectivity index (χ0) is 32.2. The number of benzene rings is 4. The van der Waals surface area contributed by atoms with Crippen molar-refractivity contribution in [3.05, 3.63) is 108 Å². The van der Waals surface area contributed by atoms with Crippen LogP contribution in [0.15, 0.2) is 136 Å². The maximum absolute atomic E-state index is 12.3. The van der Waals surface area contributed by atoms with Crippen molar-refractivity contribution < 1.29 is 102 Å². The molecule has 0 atom stereocenters. The largest absolute Gasteiger partial charge is 1.00 e. The summed E-state index contributed by atoms with van der Waals surface area (Å²) < 4.78 is 128. The van der Waals surface area contributed by atoms with Gasteiger partial charge in [0.1, 0.15) is 20.2 Å². The van der Waals surface area contributed by atoms with E-state index >= 15 is 0 Å². The van der Waals surface area contributed by atoms with Gasteiger partial charge in [-0.05, 0) is 59.7 Å². The number of hydrogen-bond acceptors (Lipinski definition) is 12. The van der Waals surface area contributed by atoms with Crippen LogP contribution in [-0.4, -0.2) is 42.8 Å². The van der Waals surface area contributed by atoms with Gasteiger partial charge in [0.25, 0.3) is 20.0 Å². The molecule has 0 N–H and O–H groups in total. The van der Waals surface area contributed by atoms with Gasteiger partial charge in [-0.25, -0.2) is 16.8 Å². The van der Waals surface area contributed by atoms with Gasteiger partial charge >= 0.3 is 59.1 Å². The average molecular weight is 721 g/mol. The summed E-state index contributed by atoms with van der Waals surface area (Å²) in [6, 6.07) is 20.1. The number of nitrogens with zero attached hydrogens (tertiary/aromatic N) is 4. The summed E-state index contributed by atoms with van der Waals surface area (Å²) >= 11 is 0. The van der Waals surface area contributed by atoms with Gasteiger partial charge < -0.3 is 9.11 Å². The average Bonchev–Trinajstić information content (AvgIpc) is 2.98. The molecule has 0 radical (unpaired) electrons. The van der Waals surface area contributed by atoms with Crippen molar-refractivity contribution >= 4 is 63.8 Å². The first-order chi connectivity index (χ1) is 20.6. The Labute approximate surface area is 309 Å². The second-order valence-corrected chi connectivity index (χ2v) is 14.5. The minimum Gasteiger partial charge on any atom is -0.744 e. The summed E-state index contributed by atoms with van der Waals surface area (Å²) in [5.41, 5.74) is -1.09. The molecular formula is C26H18N4Na2O10S4. The summed E-state index contributed by atoms with van der Waals surface area (Å²) in [5, 5.41) is 7.05. The molecule has 4 rings (SSSR count). The van der Waals surface area contributed by atoms with Crippen LogP contribution in [0.25, 0.3) is 12.2 Å². The summed E-state index contributed by atoms with van der Waals surface area (Å²) in [5.74, 6) is 0. The predicted octanol–water partition coefficient (Wildman–Crippen LogP) is -1.38. The molecule has 14 nitrogen and oxygen atoms in total. The van der Waals surface area contributed by atoms with Gasteiger partial charge in [-0.2, -0.15) is 16.8 Å². The fourth-order valence-corrected chi connectivity index (χ4v) is 6.51. The van der Waals surface area contributed by atoms with E-state index in [0.717, 1.165) is 48.6 Å². The van der Waals surface area contributed by atoms with Crippen LogP contribution in [0.5, 0.6) is 0 Å². The van der Waals surface area contributed by atoms with E-state index in [2.05, 4.69) is 19.3 Å². The maximum atomic E-state index is 12.3. The fraction of sp³-hybridized carbons (Fsp3) is 0. The number of hydrogen-bond donors (Lipinski definition) is 0. The molecule has 0 aliphatic carbocycles. The second kappa shape index (κ2) is 16.1. The minimum absolute atomic E-state index is 0. The Kier molecular flexibility index (Phi) is 13.9. The van der Waals surface area contributed by atoms with E-state index < -0.39 is 50.1 Å². The standard InChI is InChI=1S/C26H20N4O10S4.2Na/c31-41(32,23-7-3-1-4-8-23)29-27-21-15-13-19(25(17-21)43(35,36)37)11-12-20-14-16-22(18-26(20)44(38,39)40)28-30-42(33,34)24-9-5-2-6-10-24;;/h1-18H,(H,35,36,37)(H,38,39,40);;/q;2*+1/p-2. The predicted molar refractivity (Wildman–Crippen MR) is 154 cm³/mol. The van der Waals surface area contributed by atoms with Gasteiger partial charge in [0, 0.05) is 0 Å². The van der Waals surface area contributed by atoms with Gasteiger partial charge in [-0.1, -0.05) is 69.7 Å². The van der Waals surface area contributed by atoms with Crippen LogP contribution in [0.2, 0.25) is 0 Å². The summed E-state index contributed by atoms with van der Waals surface area (Å²) in [4.78, 5) is -2.03. The molecule has 4 aromatic carbocycles. The Bertz CT molecular complexity index is 2090. The molecule has 0 amide bonds. The molecule has 0 heterocycles. The maximum Gasteiger partial charge on any atom is 1.00 e. The monoisotopic (exact) mass is 720 g/mol. The molecule has 46 heavy (non-hydrogen) atoms. The summed E-state index contributed by atoms with van der Waals surface area (Å²) in [6.07, 6.45) is 2.05. The van der Waals surface area contributed by atoms with Crippen molar-refractivity contribution in [3.8, 4) is 0 Å². The van der Waals surface area contributed by atoms with Gasteiger partial charge in [-0.3, -0.25) is 0 Å². The van der Waals surface area contributed by atoms with Crippen molar-refractivity contribution in [2.45, 2.75) is 19.6 Å². The van der Waals surface area contributed by atoms with Gasteiger partial charge in [0.2, 0.25) is 0 Å². The third-order valence-electron chi connectivity index (χ3n) is 5.59. The Hall–Kier alpha value is -2.46. The van der Waals surface area contributed by atoms with Crippen LogP contribution in [0.4, 0.5) is 11.4 Å². The Morgan fingerprint density at radius 3 is 1.11 bits per heavy atom. The first-order valence-electron chi connectivity index (χ1n) is 11.9. The van der Waals surface area contributed by atoms with Crippen LogP contribution in [0.1, 0.15) is 11.1 Å². The third-order valence-corrected chi connectivity index (χ3v) is 9.70. The third kappa shape index (κ3) is 10.5. The molecule has 0 spiro atoms. The van der Waals surface area contributed by atoms with Gasteiger partial charge in [0.05, 0.1) is 31.0 Å². The molecule has 4 aromatic rings. The molecule has 0 fully saturated rings. The summed E-state index contributed by atoms with van der Waals surface area (Å²) in [7, 11) is -18.8. The normalized spacial score (nSPS) is 12.7. The Morgan fingerprint density at radius 2 is 0.804 bits per heavy atom. The van der Waals surface area contributed by atoms with Gasteiger partial charge in [0.15, 0.2) is 0 Å². The van der Waals surface area contributed by atoms with E-state index in [1.165, 1.54) is 48.5 Å². The molecule has 0 saturated heterocycles. The van der Waals surface area contributed by atoms with E-state index in [-0.39, 0.29) is 91.4 Å². The SMILES string of the molecule is O=S(=O)([O-])c1cc(N=NS(=O)(=O)c2ccccc2)ccc1C=Cc1ccc(N=NS(=O)(=O)c2ccccc2)cc1S(=O)(=O)[O-].[Na+].[Na+]. The van der Waals surface area contributed by atoms with Crippen molar-refractivity contribution in [2.75, 3.05) is 0 Å². The van der Waals surface area contributed by atoms with E-state index in [9.17, 15) is 42.8 Å². The molecular weight excluding hydrogens is 703 g/mol. The zero-order valence-corrected chi connectivity index (χ0v) is 31.2. The second-order valence-electron chi connectivity index (χ2n) is 8.63. The molecule has 0 aliphatic heterocycles. The molecule has 0 saturated carbocycles. The van der Waals surface area contributed by atoms with E-state index in [0.29, 0.717) is 0 Å². The topological polar surface area (TPSA) is 232 Å². The van der Waals surface area contributed by atoms with E-state index in [1.54, 1.807) is 12.1 Å². The molecule has 228 valence electrons. The fourth-order valence-electron chi connectivity index (χ4n) is 3.54. The Morgan fingerprint density at radius 1 is 0.478 bits per heavy atom. The summed E-state index contributed by atoms with van der Waals surface area (Å²) in [6.45, 7) is 0. The molecule has 20 heteroatoms. The van der Waals surface area contributed by atoms with Crippen molar-refractivity contribution in [1.29, 1.82) is 0 Å². The smallest absolute Gasteiger partial charge is 0.744 e. The Balaban J connectivity index is 0.00000368. The molecule has 0 aliphatic rings. The van der Waals surface area contributed by atoms with Crippen molar-refractivity contribution in [1.82, 2.24) is 0 Å². The molecule has 0 bridgehead atoms. The number of rotatable bonds is 10. The van der Waals surface area contributed by atoms with Crippen LogP contribution in [-0.2, 0) is 40.3 Å². The molecule has 0 aromatic heterocycles. The first kappa shape index (κ1) is 39.7. The van der Waals surface area contributed by atoms with E-state index in [4.69, 9.17) is 0 Å². The first-order valence-corrected chi connectivity index (χ1v) is 17.6. The molecule has 0 unspecified atom stereocenters. The zero-order valence-electron chi connectivity index (χ0n) is 23.9. The van der Waals surface area contributed by atoms with E-state index in [1.807, 2.05) is 0 Å². The quantitative estimate of drug-likeness (QED) is 0.0806. The van der Waals surface area contributed by atoms with Crippen LogP contribution in [0, 0.1) is 0 Å². The van der Waals surface area contributed by atoms with Crippen molar-refractivity contribution in [2.24, 2.45) is 19.3 Å². The van der Waals surface area contributed by atoms with Crippen LogP contribution >= 0.6 is 0 Å². The van der Waals surface area contributed by atoms with Crippen LogP contribution < -0.4 is 59.1 Å². The minimum atomic E-state index is -5.17. The van der Waals surface area contributed by atoms with Gasteiger partial charge in [-0.15, -0.1) is 10.2 Å². The van der Waals surface area contributed by atoms with Crippen molar-refractivity contribution in [3.63, 3.8) is 0 Å². The number of sulfonamides is 2. The van der Waals surface area contributed by atoms with Crippen LogP contribution in [0.3, 0.4) is 0 Å².